The first-order chi connectivity index (χ1) is 18.0. The van der Waals surface area contributed by atoms with Crippen LogP contribution >= 0.6 is 0 Å². The number of piperidine rings is 1. The molecule has 2 atom stereocenters. The van der Waals surface area contributed by atoms with Gasteiger partial charge in [0, 0.05) is 35.7 Å². The molecule has 5 rings (SSSR count). The van der Waals surface area contributed by atoms with Gasteiger partial charge in [0.2, 0.25) is 11.8 Å². The molecule has 206 valence electrons. The van der Waals surface area contributed by atoms with Gasteiger partial charge in [-0.2, -0.15) is 18.3 Å². The van der Waals surface area contributed by atoms with Crippen molar-refractivity contribution in [2.45, 2.75) is 81.2 Å². The van der Waals surface area contributed by atoms with E-state index in [0.29, 0.717) is 12.8 Å². The Morgan fingerprint density at radius 1 is 1.16 bits per heavy atom. The molecule has 0 aromatic carbocycles. The number of rotatable bonds is 5. The van der Waals surface area contributed by atoms with Gasteiger partial charge in [-0.15, -0.1) is 0 Å². The SMILES string of the molecule is COc1cc(-c2cc(C(=O)N3C4CCC3CC(C(=O)NC3CCC(N)(C(F)(F)F)CC3)C4)[nH]n2)c(F)cn1. The van der Waals surface area contributed by atoms with Crippen LogP contribution in [-0.2, 0) is 4.79 Å². The summed E-state index contributed by atoms with van der Waals surface area (Å²) in [7, 11) is 1.41. The molecule has 13 heteroatoms. The van der Waals surface area contributed by atoms with Crippen LogP contribution in [0.2, 0.25) is 0 Å². The number of fused-ring (bicyclic) bond motifs is 2. The number of nitrogens with one attached hydrogen (secondary N) is 2. The van der Waals surface area contributed by atoms with Crippen molar-refractivity contribution >= 4 is 11.8 Å². The maximum Gasteiger partial charge on any atom is 0.406 e. The summed E-state index contributed by atoms with van der Waals surface area (Å²) in [6.45, 7) is 0. The molecule has 2 aromatic rings. The summed E-state index contributed by atoms with van der Waals surface area (Å²) < 4.78 is 58.9. The van der Waals surface area contributed by atoms with E-state index in [9.17, 15) is 27.2 Å². The summed E-state index contributed by atoms with van der Waals surface area (Å²) >= 11 is 0. The predicted octanol–water partition coefficient (Wildman–Crippen LogP) is 3.32. The molecule has 2 unspecified atom stereocenters. The topological polar surface area (TPSA) is 126 Å². The second-order valence-corrected chi connectivity index (χ2v) is 10.6. The molecular weight excluding hydrogens is 508 g/mol. The number of carbonyl (C=O) groups excluding carboxylic acids is 2. The van der Waals surface area contributed by atoms with Gasteiger partial charge in [0.15, 0.2) is 5.82 Å². The Morgan fingerprint density at radius 2 is 1.82 bits per heavy atom. The third-order valence-electron chi connectivity index (χ3n) is 8.25. The first-order valence-electron chi connectivity index (χ1n) is 12.7. The highest BCUT2D eigenvalue weighted by Crippen LogP contribution is 2.41. The standard InChI is InChI=1S/C25H30F4N6O3/c1-38-21-10-17(18(26)12-31-21)19-11-20(34-33-19)23(37)35-15-2-3-16(35)9-13(8-15)22(36)32-14-4-6-24(30,7-5-14)25(27,28)29/h10-16H,2-9,30H2,1H3,(H,32,36)(H,33,34). The number of H-pyrrole nitrogens is 1. The van der Waals surface area contributed by atoms with Crippen molar-refractivity contribution in [3.8, 4) is 17.1 Å². The van der Waals surface area contributed by atoms with E-state index in [1.165, 1.54) is 19.2 Å². The Bertz CT molecular complexity index is 1200. The van der Waals surface area contributed by atoms with E-state index >= 15 is 0 Å². The van der Waals surface area contributed by atoms with Crippen molar-refractivity contribution in [3.05, 3.63) is 29.8 Å². The van der Waals surface area contributed by atoms with Crippen LogP contribution in [0, 0.1) is 11.7 Å². The molecule has 2 aromatic heterocycles. The van der Waals surface area contributed by atoms with E-state index in [4.69, 9.17) is 10.5 Å². The molecule has 0 radical (unpaired) electrons. The Hall–Kier alpha value is -3.22. The first-order valence-corrected chi connectivity index (χ1v) is 12.7. The van der Waals surface area contributed by atoms with Gasteiger partial charge in [0.1, 0.15) is 11.2 Å². The van der Waals surface area contributed by atoms with Crippen LogP contribution in [0.15, 0.2) is 18.3 Å². The van der Waals surface area contributed by atoms with Gasteiger partial charge in [-0.3, -0.25) is 14.7 Å². The van der Waals surface area contributed by atoms with Crippen LogP contribution in [-0.4, -0.2) is 68.8 Å². The predicted molar refractivity (Wildman–Crippen MR) is 127 cm³/mol. The van der Waals surface area contributed by atoms with E-state index in [1.54, 1.807) is 4.90 Å². The Kier molecular flexibility index (Phi) is 6.82. The number of methoxy groups -OCH3 is 1. The highest BCUT2D eigenvalue weighted by Gasteiger charge is 2.53. The summed E-state index contributed by atoms with van der Waals surface area (Å²) in [5.74, 6) is -1.15. The maximum atomic E-state index is 14.3. The van der Waals surface area contributed by atoms with Crippen LogP contribution in [0.5, 0.6) is 5.88 Å². The van der Waals surface area contributed by atoms with E-state index in [2.05, 4.69) is 20.5 Å². The molecule has 2 amide bonds. The van der Waals surface area contributed by atoms with Crippen LogP contribution in [0.4, 0.5) is 17.6 Å². The quantitative estimate of drug-likeness (QED) is 0.502. The minimum absolute atomic E-state index is 0.144. The first kappa shape index (κ1) is 26.4. The normalized spacial score (nSPS) is 29.3. The molecule has 2 saturated heterocycles. The maximum absolute atomic E-state index is 14.3. The lowest BCUT2D eigenvalue weighted by atomic mass is 9.79. The number of ether oxygens (including phenoxy) is 1. The van der Waals surface area contributed by atoms with Gasteiger partial charge in [-0.1, -0.05) is 0 Å². The van der Waals surface area contributed by atoms with Crippen molar-refractivity contribution in [1.82, 2.24) is 25.4 Å². The number of aromatic nitrogens is 3. The van der Waals surface area contributed by atoms with E-state index in [0.717, 1.165) is 19.0 Å². The Labute approximate surface area is 216 Å². The van der Waals surface area contributed by atoms with E-state index in [1.807, 2.05) is 0 Å². The summed E-state index contributed by atoms with van der Waals surface area (Å²) in [6, 6.07) is 2.26. The van der Waals surface area contributed by atoms with Gasteiger partial charge < -0.3 is 20.7 Å². The van der Waals surface area contributed by atoms with E-state index < -0.39 is 17.5 Å². The lowest BCUT2D eigenvalue weighted by Crippen LogP contribution is -2.58. The number of nitrogens with two attached hydrogens (primary N) is 1. The van der Waals surface area contributed by atoms with Crippen molar-refractivity contribution < 1.29 is 31.9 Å². The number of hydrogen-bond donors (Lipinski definition) is 3. The van der Waals surface area contributed by atoms with Gasteiger partial charge >= 0.3 is 6.18 Å². The third-order valence-corrected chi connectivity index (χ3v) is 8.25. The van der Waals surface area contributed by atoms with Crippen LogP contribution in [0.3, 0.4) is 0 Å². The fourth-order valence-corrected chi connectivity index (χ4v) is 6.04. The van der Waals surface area contributed by atoms with Gasteiger partial charge in [-0.25, -0.2) is 9.37 Å². The molecular formula is C25H30F4N6O3. The second kappa shape index (κ2) is 9.83. The molecule has 2 bridgehead atoms. The number of hydrogen-bond acceptors (Lipinski definition) is 6. The van der Waals surface area contributed by atoms with E-state index in [-0.39, 0.29) is 84.4 Å². The number of amides is 2. The molecule has 38 heavy (non-hydrogen) atoms. The smallest absolute Gasteiger partial charge is 0.406 e. The fraction of sp³-hybridized carbons (Fsp3) is 0.600. The van der Waals surface area contributed by atoms with Gasteiger partial charge in [0.05, 0.1) is 19.0 Å². The second-order valence-electron chi connectivity index (χ2n) is 10.6. The zero-order valence-electron chi connectivity index (χ0n) is 20.9. The number of halogens is 4. The van der Waals surface area contributed by atoms with Crippen molar-refractivity contribution in [2.24, 2.45) is 11.7 Å². The average Bonchev–Trinajstić information content (AvgIpc) is 3.47. The summed E-state index contributed by atoms with van der Waals surface area (Å²) in [6.07, 6.45) is -1.07. The molecule has 3 fully saturated rings. The minimum Gasteiger partial charge on any atom is -0.481 e. The summed E-state index contributed by atoms with van der Waals surface area (Å²) in [5, 5.41) is 9.73. The average molecular weight is 539 g/mol. The van der Waals surface area contributed by atoms with Gasteiger partial charge in [-0.05, 0) is 57.4 Å². The number of pyridine rings is 1. The largest absolute Gasteiger partial charge is 0.481 e. The molecule has 4 N–H and O–H groups in total. The molecule has 2 aliphatic heterocycles. The Balaban J connectivity index is 1.20. The zero-order chi connectivity index (χ0) is 27.2. The van der Waals surface area contributed by atoms with Crippen LogP contribution < -0.4 is 15.8 Å². The number of nitrogens with zero attached hydrogens (tertiary/aromatic N) is 3. The highest BCUT2D eigenvalue weighted by atomic mass is 19.4. The molecule has 1 saturated carbocycles. The van der Waals surface area contributed by atoms with Crippen molar-refractivity contribution in [2.75, 3.05) is 7.11 Å². The van der Waals surface area contributed by atoms with Crippen LogP contribution in [0.1, 0.15) is 61.9 Å². The summed E-state index contributed by atoms with van der Waals surface area (Å²) in [5.41, 5.74) is 3.97. The molecule has 1 aliphatic carbocycles. The van der Waals surface area contributed by atoms with Crippen LogP contribution in [0.25, 0.3) is 11.3 Å². The molecule has 9 nitrogen and oxygen atoms in total. The number of carbonyl (C=O) groups is 2. The van der Waals surface area contributed by atoms with Crippen molar-refractivity contribution in [1.29, 1.82) is 0 Å². The lowest BCUT2D eigenvalue weighted by molar-refractivity contribution is -0.194. The Morgan fingerprint density at radius 3 is 2.42 bits per heavy atom. The minimum atomic E-state index is -4.46. The number of alkyl halides is 3. The number of aromatic amines is 1. The van der Waals surface area contributed by atoms with Gasteiger partial charge in [0.25, 0.3) is 5.91 Å². The zero-order valence-corrected chi connectivity index (χ0v) is 20.9. The molecule has 3 aliphatic rings. The lowest BCUT2D eigenvalue weighted by Gasteiger charge is -2.40. The third kappa shape index (κ3) is 4.83. The fourth-order valence-electron chi connectivity index (χ4n) is 6.04. The summed E-state index contributed by atoms with van der Waals surface area (Å²) in [4.78, 5) is 31.9. The monoisotopic (exact) mass is 538 g/mol. The highest BCUT2D eigenvalue weighted by molar-refractivity contribution is 5.94. The molecule has 4 heterocycles. The van der Waals surface area contributed by atoms with Crippen molar-refractivity contribution in [3.63, 3.8) is 0 Å². The molecule has 0 spiro atoms.